The molecule has 0 heterocycles. The van der Waals surface area contributed by atoms with Crippen LogP contribution >= 0.6 is 31.0 Å². The van der Waals surface area contributed by atoms with Gasteiger partial charge in [0.15, 0.2) is 0 Å². The van der Waals surface area contributed by atoms with Gasteiger partial charge < -0.3 is 14.0 Å². The first-order valence-electron chi connectivity index (χ1n) is 5.23. The molecule has 0 radical (unpaired) electrons. The standard InChI is InChI=1S/C10H19Cl2O4P/c1-7(2)15-6-17(14)10(11,12)8(13)16-9(3,4)5/h7,17H,6H2,1-5H3. The Labute approximate surface area is 113 Å². The number of carbonyl (C=O) groups excluding carboxylic acids is 1. The molecule has 0 fully saturated rings. The fourth-order valence-electron chi connectivity index (χ4n) is 0.789. The normalized spacial score (nSPS) is 14.8. The number of alkyl halides is 2. The lowest BCUT2D eigenvalue weighted by molar-refractivity contribution is -0.153. The van der Waals surface area contributed by atoms with Gasteiger partial charge in [0, 0.05) is 0 Å². The zero-order chi connectivity index (χ0) is 13.9. The molecule has 0 amide bonds. The summed E-state index contributed by atoms with van der Waals surface area (Å²) in [5.41, 5.74) is -0.729. The maximum absolute atomic E-state index is 11.8. The SMILES string of the molecule is CC(C)OC[PH](=O)C(Cl)(Cl)C(=O)OC(C)(C)C. The smallest absolute Gasteiger partial charge is 0.350 e. The zero-order valence-electron chi connectivity index (χ0n) is 10.7. The van der Waals surface area contributed by atoms with E-state index < -0.39 is 23.4 Å². The molecule has 0 aromatic carbocycles. The number of esters is 1. The Morgan fingerprint density at radius 2 is 1.76 bits per heavy atom. The number of ether oxygens (including phenoxy) is 2. The zero-order valence-corrected chi connectivity index (χ0v) is 13.2. The number of hydrogen-bond acceptors (Lipinski definition) is 4. The van der Waals surface area contributed by atoms with Crippen molar-refractivity contribution in [2.24, 2.45) is 0 Å². The summed E-state index contributed by atoms with van der Waals surface area (Å²) in [5, 5.41) is 0. The lowest BCUT2D eigenvalue weighted by Crippen LogP contribution is -2.33. The summed E-state index contributed by atoms with van der Waals surface area (Å²) in [6.07, 6.45) is -0.249. The van der Waals surface area contributed by atoms with Crippen molar-refractivity contribution >= 4 is 37.0 Å². The summed E-state index contributed by atoms with van der Waals surface area (Å²) in [5.74, 6) is -0.899. The minimum atomic E-state index is -2.65. The van der Waals surface area contributed by atoms with Gasteiger partial charge in [-0.3, -0.25) is 0 Å². The number of rotatable bonds is 5. The molecule has 0 aromatic heterocycles. The molecular weight excluding hydrogens is 286 g/mol. The third-order valence-corrected chi connectivity index (χ3v) is 4.46. The van der Waals surface area contributed by atoms with Gasteiger partial charge in [-0.15, -0.1) is 0 Å². The molecule has 0 saturated carbocycles. The highest BCUT2D eigenvalue weighted by Gasteiger charge is 2.43. The quantitative estimate of drug-likeness (QED) is 0.444. The van der Waals surface area contributed by atoms with Crippen molar-refractivity contribution in [3.63, 3.8) is 0 Å². The number of carbonyl (C=O) groups is 1. The summed E-state index contributed by atoms with van der Waals surface area (Å²) in [6.45, 7) is 8.60. The van der Waals surface area contributed by atoms with Crippen molar-refractivity contribution in [3.8, 4) is 0 Å². The molecule has 17 heavy (non-hydrogen) atoms. The molecule has 4 nitrogen and oxygen atoms in total. The van der Waals surface area contributed by atoms with Crippen LogP contribution in [-0.4, -0.2) is 28.1 Å². The first kappa shape index (κ1) is 17.2. The second-order valence-electron chi connectivity index (χ2n) is 4.86. The number of hydrogen-bond donors (Lipinski definition) is 0. The summed E-state index contributed by atoms with van der Waals surface area (Å²) >= 11 is 11.5. The molecule has 0 aliphatic rings. The van der Waals surface area contributed by atoms with Crippen molar-refractivity contribution in [1.82, 2.24) is 0 Å². The highest BCUT2D eigenvalue weighted by atomic mass is 35.5. The van der Waals surface area contributed by atoms with E-state index in [0.29, 0.717) is 0 Å². The van der Waals surface area contributed by atoms with Gasteiger partial charge in [-0.1, -0.05) is 23.2 Å². The lowest BCUT2D eigenvalue weighted by atomic mass is 10.2. The third kappa shape index (κ3) is 6.66. The van der Waals surface area contributed by atoms with E-state index in [1.54, 1.807) is 34.6 Å². The molecule has 0 saturated heterocycles. The molecule has 102 valence electrons. The third-order valence-electron chi connectivity index (χ3n) is 1.55. The molecule has 1 atom stereocenters. The van der Waals surface area contributed by atoms with E-state index in [1.165, 1.54) is 0 Å². The van der Waals surface area contributed by atoms with E-state index in [2.05, 4.69) is 0 Å². The van der Waals surface area contributed by atoms with Gasteiger partial charge in [-0.25, -0.2) is 4.79 Å². The Morgan fingerprint density at radius 1 is 1.29 bits per heavy atom. The average molecular weight is 305 g/mol. The van der Waals surface area contributed by atoms with Crippen molar-refractivity contribution in [2.75, 3.05) is 6.35 Å². The summed E-state index contributed by atoms with van der Waals surface area (Å²) in [6, 6.07) is 0. The van der Waals surface area contributed by atoms with Gasteiger partial charge in [0.1, 0.15) is 19.8 Å². The van der Waals surface area contributed by atoms with Gasteiger partial charge >= 0.3 is 5.97 Å². The van der Waals surface area contributed by atoms with E-state index in [4.69, 9.17) is 32.7 Å². The maximum atomic E-state index is 11.8. The van der Waals surface area contributed by atoms with E-state index in [1.807, 2.05) is 0 Å². The molecule has 0 aliphatic carbocycles. The monoisotopic (exact) mass is 304 g/mol. The van der Waals surface area contributed by atoms with Crippen LogP contribution in [0.5, 0.6) is 0 Å². The average Bonchev–Trinajstić information content (AvgIpc) is 2.10. The van der Waals surface area contributed by atoms with Crippen LogP contribution in [0.1, 0.15) is 34.6 Å². The molecule has 0 bridgehead atoms. The molecule has 0 rings (SSSR count). The Kier molecular flexibility index (Phi) is 6.51. The molecule has 0 aliphatic heterocycles. The van der Waals surface area contributed by atoms with Crippen LogP contribution in [0, 0.1) is 0 Å². The number of halogens is 2. The Bertz CT molecular complexity index is 297. The van der Waals surface area contributed by atoms with E-state index in [0.717, 1.165) is 0 Å². The predicted molar refractivity (Wildman–Crippen MR) is 70.4 cm³/mol. The van der Waals surface area contributed by atoms with E-state index in [9.17, 15) is 9.36 Å². The van der Waals surface area contributed by atoms with Crippen LogP contribution in [-0.2, 0) is 18.8 Å². The first-order chi connectivity index (χ1) is 7.47. The predicted octanol–water partition coefficient (Wildman–Crippen LogP) is 3.40. The fourth-order valence-corrected chi connectivity index (χ4v) is 2.14. The maximum Gasteiger partial charge on any atom is 0.350 e. The second-order valence-corrected chi connectivity index (χ2v) is 8.71. The van der Waals surface area contributed by atoms with Crippen LogP contribution in [0.25, 0.3) is 0 Å². The van der Waals surface area contributed by atoms with Crippen LogP contribution in [0.2, 0.25) is 0 Å². The van der Waals surface area contributed by atoms with E-state index >= 15 is 0 Å². The molecular formula is C10H19Cl2O4P. The van der Waals surface area contributed by atoms with Crippen molar-refractivity contribution in [3.05, 3.63) is 0 Å². The van der Waals surface area contributed by atoms with Crippen molar-refractivity contribution < 1.29 is 18.8 Å². The highest BCUT2D eigenvalue weighted by Crippen LogP contribution is 2.47. The molecule has 7 heteroatoms. The van der Waals surface area contributed by atoms with Crippen molar-refractivity contribution in [1.29, 1.82) is 0 Å². The molecule has 0 N–H and O–H groups in total. The van der Waals surface area contributed by atoms with E-state index in [-0.39, 0.29) is 12.5 Å². The Balaban J connectivity index is 4.54. The van der Waals surface area contributed by atoms with Gasteiger partial charge in [0.25, 0.3) is 4.07 Å². The Morgan fingerprint density at radius 3 is 2.12 bits per heavy atom. The first-order valence-corrected chi connectivity index (χ1v) is 7.60. The summed E-state index contributed by atoms with van der Waals surface area (Å²) < 4.78 is 19.9. The van der Waals surface area contributed by atoms with Crippen LogP contribution in [0.3, 0.4) is 0 Å². The van der Waals surface area contributed by atoms with Gasteiger partial charge in [0.05, 0.1) is 6.10 Å². The molecule has 0 aromatic rings. The molecule has 1 unspecified atom stereocenters. The van der Waals surface area contributed by atoms with Gasteiger partial charge in [-0.05, 0) is 34.6 Å². The van der Waals surface area contributed by atoms with Crippen LogP contribution in [0.4, 0.5) is 0 Å². The lowest BCUT2D eigenvalue weighted by Gasteiger charge is -2.25. The fraction of sp³-hybridized carbons (Fsp3) is 0.900. The minimum absolute atomic E-state index is 0.105. The molecule has 0 spiro atoms. The summed E-state index contributed by atoms with van der Waals surface area (Å²) in [7, 11) is -2.65. The Hall–Kier alpha value is 0.240. The van der Waals surface area contributed by atoms with Crippen LogP contribution in [0.15, 0.2) is 0 Å². The van der Waals surface area contributed by atoms with Crippen molar-refractivity contribution in [2.45, 2.75) is 50.4 Å². The minimum Gasteiger partial charge on any atom is -0.457 e. The second kappa shape index (κ2) is 6.42. The van der Waals surface area contributed by atoms with Gasteiger partial charge in [-0.2, -0.15) is 0 Å². The van der Waals surface area contributed by atoms with Gasteiger partial charge in [0.2, 0.25) is 0 Å². The van der Waals surface area contributed by atoms with Crippen LogP contribution < -0.4 is 0 Å². The highest BCUT2D eigenvalue weighted by molar-refractivity contribution is 7.53. The topological polar surface area (TPSA) is 52.6 Å². The summed E-state index contributed by atoms with van der Waals surface area (Å²) in [4.78, 5) is 11.7. The largest absolute Gasteiger partial charge is 0.457 e.